The van der Waals surface area contributed by atoms with Crippen LogP contribution in [0.3, 0.4) is 0 Å². The molecule has 1 aromatic rings. The van der Waals surface area contributed by atoms with E-state index >= 15 is 0 Å². The van der Waals surface area contributed by atoms with E-state index in [0.29, 0.717) is 12.8 Å². The molecule has 0 bridgehead atoms. The minimum Gasteiger partial charge on any atom is -0.352 e. The molecule has 1 fully saturated rings. The van der Waals surface area contributed by atoms with E-state index in [2.05, 4.69) is 26.1 Å². The molecule has 1 amide bonds. The number of rotatable bonds is 3. The van der Waals surface area contributed by atoms with E-state index in [1.807, 2.05) is 24.3 Å². The van der Waals surface area contributed by atoms with Gasteiger partial charge in [0.05, 0.1) is 17.9 Å². The first kappa shape index (κ1) is 16.0. The Hall–Kier alpha value is -1.36. The van der Waals surface area contributed by atoms with Crippen LogP contribution >= 0.6 is 0 Å². The van der Waals surface area contributed by atoms with E-state index in [0.717, 1.165) is 5.56 Å². The Kier molecular flexibility index (Phi) is 4.42. The molecule has 2 rings (SSSR count). The SMILES string of the molecule is CC(C)(C)c1ccc(CC(=O)NC2CCS(=O)(=O)C2)cc1. The second-order valence-corrected chi connectivity index (χ2v) is 9.02. The van der Waals surface area contributed by atoms with E-state index in [1.165, 1.54) is 5.56 Å². The number of carbonyl (C=O) groups is 1. The lowest BCUT2D eigenvalue weighted by Crippen LogP contribution is -2.36. The molecule has 0 spiro atoms. The predicted octanol–water partition coefficient (Wildman–Crippen LogP) is 1.83. The van der Waals surface area contributed by atoms with Gasteiger partial charge in [-0.2, -0.15) is 0 Å². The smallest absolute Gasteiger partial charge is 0.224 e. The van der Waals surface area contributed by atoms with Crippen LogP contribution in [0.2, 0.25) is 0 Å². The zero-order valence-corrected chi connectivity index (χ0v) is 13.7. The zero-order chi connectivity index (χ0) is 15.7. The Morgan fingerprint density at radius 3 is 2.33 bits per heavy atom. The van der Waals surface area contributed by atoms with Crippen LogP contribution in [0.25, 0.3) is 0 Å². The maximum Gasteiger partial charge on any atom is 0.224 e. The van der Waals surface area contributed by atoms with Gasteiger partial charge in [0.1, 0.15) is 0 Å². The van der Waals surface area contributed by atoms with Gasteiger partial charge in [-0.05, 0) is 23.0 Å². The van der Waals surface area contributed by atoms with Crippen LogP contribution in [0, 0.1) is 0 Å². The van der Waals surface area contributed by atoms with E-state index in [-0.39, 0.29) is 28.9 Å². The highest BCUT2D eigenvalue weighted by molar-refractivity contribution is 7.91. The fraction of sp³-hybridized carbons (Fsp3) is 0.562. The topological polar surface area (TPSA) is 63.2 Å². The molecule has 0 saturated carbocycles. The Morgan fingerprint density at radius 2 is 1.86 bits per heavy atom. The van der Waals surface area contributed by atoms with Crippen molar-refractivity contribution in [3.63, 3.8) is 0 Å². The minimum absolute atomic E-state index is 0.0711. The van der Waals surface area contributed by atoms with Crippen molar-refractivity contribution < 1.29 is 13.2 Å². The first-order valence-electron chi connectivity index (χ1n) is 7.25. The summed E-state index contributed by atoms with van der Waals surface area (Å²) in [6.07, 6.45) is 0.817. The number of benzene rings is 1. The van der Waals surface area contributed by atoms with Crippen molar-refractivity contribution in [3.05, 3.63) is 35.4 Å². The van der Waals surface area contributed by atoms with E-state index in [1.54, 1.807) is 0 Å². The van der Waals surface area contributed by atoms with E-state index in [9.17, 15) is 13.2 Å². The molecule has 1 aliphatic heterocycles. The van der Waals surface area contributed by atoms with Crippen molar-refractivity contribution in [2.24, 2.45) is 0 Å². The van der Waals surface area contributed by atoms with Crippen LogP contribution in [-0.2, 0) is 26.5 Å². The molecule has 1 heterocycles. The van der Waals surface area contributed by atoms with Crippen LogP contribution < -0.4 is 5.32 Å². The van der Waals surface area contributed by atoms with Gasteiger partial charge in [0.25, 0.3) is 0 Å². The quantitative estimate of drug-likeness (QED) is 0.926. The van der Waals surface area contributed by atoms with Gasteiger partial charge >= 0.3 is 0 Å². The summed E-state index contributed by atoms with van der Waals surface area (Å²) < 4.78 is 22.7. The molecule has 0 aromatic heterocycles. The standard InChI is InChI=1S/C16H23NO3S/c1-16(2,3)13-6-4-12(5-7-13)10-15(18)17-14-8-9-21(19,20)11-14/h4-7,14H,8-11H2,1-3H3,(H,17,18). The summed E-state index contributed by atoms with van der Waals surface area (Å²) in [5, 5.41) is 2.81. The summed E-state index contributed by atoms with van der Waals surface area (Å²) in [4.78, 5) is 12.0. The first-order valence-corrected chi connectivity index (χ1v) is 9.07. The lowest BCUT2D eigenvalue weighted by atomic mass is 9.86. The molecule has 1 N–H and O–H groups in total. The Labute approximate surface area is 126 Å². The molecular formula is C16H23NO3S. The van der Waals surface area contributed by atoms with Gasteiger partial charge in [0.15, 0.2) is 9.84 Å². The summed E-state index contributed by atoms with van der Waals surface area (Å²) >= 11 is 0. The first-order chi connectivity index (χ1) is 9.66. The number of sulfone groups is 1. The van der Waals surface area contributed by atoms with Gasteiger partial charge in [0.2, 0.25) is 5.91 Å². The molecular weight excluding hydrogens is 286 g/mol. The summed E-state index contributed by atoms with van der Waals surface area (Å²) in [5.74, 6) is 0.139. The van der Waals surface area contributed by atoms with Gasteiger partial charge < -0.3 is 5.32 Å². The van der Waals surface area contributed by atoms with Gasteiger partial charge in [-0.15, -0.1) is 0 Å². The number of carbonyl (C=O) groups excluding carboxylic acids is 1. The molecule has 0 radical (unpaired) electrons. The van der Waals surface area contributed by atoms with Gasteiger partial charge in [-0.3, -0.25) is 4.79 Å². The lowest BCUT2D eigenvalue weighted by Gasteiger charge is -2.19. The molecule has 1 aliphatic rings. The molecule has 1 saturated heterocycles. The van der Waals surface area contributed by atoms with Crippen molar-refractivity contribution >= 4 is 15.7 Å². The maximum absolute atomic E-state index is 12.0. The summed E-state index contributed by atoms with van der Waals surface area (Å²) in [5.41, 5.74) is 2.27. The molecule has 1 unspecified atom stereocenters. The normalized spacial score (nSPS) is 21.2. The zero-order valence-electron chi connectivity index (χ0n) is 12.8. The third-order valence-corrected chi connectivity index (χ3v) is 5.55. The van der Waals surface area contributed by atoms with Gasteiger partial charge in [0, 0.05) is 6.04 Å². The van der Waals surface area contributed by atoms with E-state index < -0.39 is 9.84 Å². The summed E-state index contributed by atoms with van der Waals surface area (Å²) in [6.45, 7) is 6.44. The van der Waals surface area contributed by atoms with Crippen LogP contribution in [0.5, 0.6) is 0 Å². The average molecular weight is 309 g/mol. The molecule has 0 aliphatic carbocycles. The molecule has 4 nitrogen and oxygen atoms in total. The van der Waals surface area contributed by atoms with Crippen molar-refractivity contribution in [1.29, 1.82) is 0 Å². The van der Waals surface area contributed by atoms with Crippen molar-refractivity contribution in [2.75, 3.05) is 11.5 Å². The highest BCUT2D eigenvalue weighted by Crippen LogP contribution is 2.22. The highest BCUT2D eigenvalue weighted by atomic mass is 32.2. The third kappa shape index (κ3) is 4.56. The minimum atomic E-state index is -2.95. The van der Waals surface area contributed by atoms with Crippen molar-refractivity contribution in [1.82, 2.24) is 5.32 Å². The van der Waals surface area contributed by atoms with Gasteiger partial charge in [-0.25, -0.2) is 8.42 Å². The maximum atomic E-state index is 12.0. The highest BCUT2D eigenvalue weighted by Gasteiger charge is 2.28. The van der Waals surface area contributed by atoms with Crippen molar-refractivity contribution in [3.8, 4) is 0 Å². The number of amides is 1. The van der Waals surface area contributed by atoms with Crippen LogP contribution in [0.15, 0.2) is 24.3 Å². The average Bonchev–Trinajstić information content (AvgIpc) is 2.68. The fourth-order valence-electron chi connectivity index (χ4n) is 2.50. The Bertz CT molecular complexity index is 612. The number of hydrogen-bond donors (Lipinski definition) is 1. The molecule has 1 aromatic carbocycles. The second kappa shape index (κ2) is 5.79. The molecule has 21 heavy (non-hydrogen) atoms. The Balaban J connectivity index is 1.91. The Morgan fingerprint density at radius 1 is 1.24 bits per heavy atom. The van der Waals surface area contributed by atoms with Crippen molar-refractivity contribution in [2.45, 2.75) is 45.1 Å². The fourth-order valence-corrected chi connectivity index (χ4v) is 4.17. The molecule has 1 atom stereocenters. The second-order valence-electron chi connectivity index (χ2n) is 6.79. The van der Waals surface area contributed by atoms with Crippen LogP contribution in [0.4, 0.5) is 0 Å². The predicted molar refractivity (Wildman–Crippen MR) is 84.0 cm³/mol. The van der Waals surface area contributed by atoms with E-state index in [4.69, 9.17) is 0 Å². The number of hydrogen-bond acceptors (Lipinski definition) is 3. The summed E-state index contributed by atoms with van der Waals surface area (Å²) in [7, 11) is -2.95. The number of nitrogens with one attached hydrogen (secondary N) is 1. The molecule has 5 heteroatoms. The third-order valence-electron chi connectivity index (χ3n) is 3.78. The summed E-state index contributed by atoms with van der Waals surface area (Å²) in [6, 6.07) is 7.79. The monoisotopic (exact) mass is 309 g/mol. The van der Waals surface area contributed by atoms with Crippen LogP contribution in [-0.4, -0.2) is 31.9 Å². The molecule has 116 valence electrons. The largest absolute Gasteiger partial charge is 0.352 e. The lowest BCUT2D eigenvalue weighted by molar-refractivity contribution is -0.120. The van der Waals surface area contributed by atoms with Crippen LogP contribution in [0.1, 0.15) is 38.3 Å². The van der Waals surface area contributed by atoms with Gasteiger partial charge in [-0.1, -0.05) is 45.0 Å².